The van der Waals surface area contributed by atoms with E-state index >= 15 is 0 Å². The van der Waals surface area contributed by atoms with Crippen LogP contribution in [0, 0.1) is 5.82 Å². The van der Waals surface area contributed by atoms with Gasteiger partial charge in [0, 0.05) is 22.5 Å². The minimum Gasteiger partial charge on any atom is -0.356 e. The van der Waals surface area contributed by atoms with Crippen molar-refractivity contribution in [2.75, 3.05) is 5.32 Å². The number of hydrogen-bond acceptors (Lipinski definition) is 5. The second kappa shape index (κ2) is 5.46. The summed E-state index contributed by atoms with van der Waals surface area (Å²) in [6.07, 6.45) is 1.76. The Kier molecular flexibility index (Phi) is 3.52. The molecule has 19 heavy (non-hydrogen) atoms. The lowest BCUT2D eigenvalue weighted by Gasteiger charge is -1.98. The van der Waals surface area contributed by atoms with Crippen LogP contribution in [0.4, 0.5) is 9.52 Å². The molecule has 6 heteroatoms. The van der Waals surface area contributed by atoms with Crippen molar-refractivity contribution in [1.82, 2.24) is 9.97 Å². The molecule has 0 aliphatic carbocycles. The molecule has 0 aliphatic heterocycles. The number of thiazole rings is 2. The summed E-state index contributed by atoms with van der Waals surface area (Å²) in [7, 11) is 0. The molecule has 2 aromatic heterocycles. The standard InChI is InChI=1S/C13H10FN3S2/c14-10-3-1-9(2-4-10)12-17-11(8-19-12)7-16-13-15-5-6-18-13/h1-6,8H,7H2,(H,15,16). The molecule has 0 fully saturated rings. The van der Waals surface area contributed by atoms with Gasteiger partial charge in [-0.25, -0.2) is 14.4 Å². The molecule has 0 amide bonds. The van der Waals surface area contributed by atoms with Crippen molar-refractivity contribution < 1.29 is 4.39 Å². The monoisotopic (exact) mass is 291 g/mol. The van der Waals surface area contributed by atoms with Gasteiger partial charge in [0.15, 0.2) is 5.13 Å². The van der Waals surface area contributed by atoms with E-state index < -0.39 is 0 Å². The van der Waals surface area contributed by atoms with E-state index in [-0.39, 0.29) is 5.82 Å². The first-order valence-electron chi connectivity index (χ1n) is 5.65. The van der Waals surface area contributed by atoms with E-state index in [4.69, 9.17) is 0 Å². The fourth-order valence-electron chi connectivity index (χ4n) is 1.59. The SMILES string of the molecule is Fc1ccc(-c2nc(CNc3nccs3)cs2)cc1. The lowest BCUT2D eigenvalue weighted by molar-refractivity contribution is 0.628. The van der Waals surface area contributed by atoms with E-state index in [0.717, 1.165) is 21.4 Å². The molecule has 3 rings (SSSR count). The molecule has 0 saturated heterocycles. The van der Waals surface area contributed by atoms with Gasteiger partial charge in [0.2, 0.25) is 0 Å². The third-order valence-corrected chi connectivity index (χ3v) is 4.17. The predicted octanol–water partition coefficient (Wildman–Crippen LogP) is 4.02. The Bertz CT molecular complexity index is 647. The summed E-state index contributed by atoms with van der Waals surface area (Å²) in [5.41, 5.74) is 1.89. The average Bonchev–Trinajstić information content (AvgIpc) is 3.09. The third kappa shape index (κ3) is 2.97. The zero-order valence-electron chi connectivity index (χ0n) is 9.84. The van der Waals surface area contributed by atoms with Gasteiger partial charge in [0.25, 0.3) is 0 Å². The van der Waals surface area contributed by atoms with Crippen molar-refractivity contribution in [3.8, 4) is 10.6 Å². The molecule has 0 unspecified atom stereocenters. The molecule has 1 aromatic carbocycles. The number of anilines is 1. The highest BCUT2D eigenvalue weighted by Gasteiger charge is 2.05. The van der Waals surface area contributed by atoms with Gasteiger partial charge in [-0.15, -0.1) is 22.7 Å². The van der Waals surface area contributed by atoms with Gasteiger partial charge in [-0.3, -0.25) is 0 Å². The number of nitrogens with zero attached hydrogens (tertiary/aromatic N) is 2. The van der Waals surface area contributed by atoms with Crippen molar-refractivity contribution in [3.63, 3.8) is 0 Å². The van der Waals surface area contributed by atoms with Gasteiger partial charge in [0.05, 0.1) is 12.2 Å². The molecule has 0 bridgehead atoms. The highest BCUT2D eigenvalue weighted by atomic mass is 32.1. The number of aromatic nitrogens is 2. The van der Waals surface area contributed by atoms with Crippen LogP contribution < -0.4 is 5.32 Å². The average molecular weight is 291 g/mol. The minimum atomic E-state index is -0.231. The van der Waals surface area contributed by atoms with Crippen LogP contribution in [0.15, 0.2) is 41.2 Å². The largest absolute Gasteiger partial charge is 0.356 e. The van der Waals surface area contributed by atoms with E-state index in [1.54, 1.807) is 41.0 Å². The topological polar surface area (TPSA) is 37.8 Å². The molecule has 2 heterocycles. The highest BCUT2D eigenvalue weighted by Crippen LogP contribution is 2.24. The first-order chi connectivity index (χ1) is 9.31. The molecule has 96 valence electrons. The van der Waals surface area contributed by atoms with Crippen molar-refractivity contribution in [2.45, 2.75) is 6.54 Å². The zero-order chi connectivity index (χ0) is 13.1. The van der Waals surface area contributed by atoms with Crippen LogP contribution in [-0.4, -0.2) is 9.97 Å². The lowest BCUT2D eigenvalue weighted by atomic mass is 10.2. The lowest BCUT2D eigenvalue weighted by Crippen LogP contribution is -1.98. The first-order valence-corrected chi connectivity index (χ1v) is 7.41. The maximum Gasteiger partial charge on any atom is 0.182 e. The van der Waals surface area contributed by atoms with Crippen LogP contribution in [0.3, 0.4) is 0 Å². The van der Waals surface area contributed by atoms with E-state index in [1.807, 2.05) is 10.8 Å². The molecule has 0 radical (unpaired) electrons. The maximum atomic E-state index is 12.9. The second-order valence-corrected chi connectivity index (χ2v) is 5.59. The summed E-state index contributed by atoms with van der Waals surface area (Å²) in [6.45, 7) is 0.644. The third-order valence-electron chi connectivity index (χ3n) is 2.50. The highest BCUT2D eigenvalue weighted by molar-refractivity contribution is 7.13. The van der Waals surface area contributed by atoms with Crippen molar-refractivity contribution in [1.29, 1.82) is 0 Å². The summed E-state index contributed by atoms with van der Waals surface area (Å²) >= 11 is 3.11. The van der Waals surface area contributed by atoms with Crippen molar-refractivity contribution >= 4 is 27.8 Å². The van der Waals surface area contributed by atoms with Gasteiger partial charge in [-0.2, -0.15) is 0 Å². The Hall–Kier alpha value is -1.79. The van der Waals surface area contributed by atoms with Crippen LogP contribution in [-0.2, 0) is 6.54 Å². The van der Waals surface area contributed by atoms with Gasteiger partial charge < -0.3 is 5.32 Å². The summed E-state index contributed by atoms with van der Waals surface area (Å²) in [4.78, 5) is 8.67. The number of nitrogens with one attached hydrogen (secondary N) is 1. The molecule has 1 N–H and O–H groups in total. The molecule has 3 nitrogen and oxygen atoms in total. The fraction of sp³-hybridized carbons (Fsp3) is 0.0769. The molecule has 0 saturated carbocycles. The van der Waals surface area contributed by atoms with Crippen LogP contribution in [0.5, 0.6) is 0 Å². The van der Waals surface area contributed by atoms with Gasteiger partial charge in [-0.05, 0) is 24.3 Å². The quantitative estimate of drug-likeness (QED) is 0.789. The molecule has 3 aromatic rings. The van der Waals surface area contributed by atoms with Crippen molar-refractivity contribution in [3.05, 3.63) is 52.7 Å². The Morgan fingerprint density at radius 1 is 1.16 bits per heavy atom. The van der Waals surface area contributed by atoms with E-state index in [1.165, 1.54) is 12.1 Å². The summed E-state index contributed by atoms with van der Waals surface area (Å²) in [5, 5.41) is 8.91. The van der Waals surface area contributed by atoms with Gasteiger partial charge in [0.1, 0.15) is 10.8 Å². The number of hydrogen-bond donors (Lipinski definition) is 1. The first kappa shape index (κ1) is 12.3. The molecular weight excluding hydrogens is 281 g/mol. The van der Waals surface area contributed by atoms with Crippen LogP contribution >= 0.6 is 22.7 Å². The maximum absolute atomic E-state index is 12.9. The Morgan fingerprint density at radius 2 is 2.00 bits per heavy atom. The van der Waals surface area contributed by atoms with E-state index in [2.05, 4.69) is 15.3 Å². The summed E-state index contributed by atoms with van der Waals surface area (Å²) in [6, 6.07) is 6.38. The van der Waals surface area contributed by atoms with E-state index in [9.17, 15) is 4.39 Å². The Morgan fingerprint density at radius 3 is 2.74 bits per heavy atom. The van der Waals surface area contributed by atoms with Gasteiger partial charge >= 0.3 is 0 Å². The smallest absolute Gasteiger partial charge is 0.182 e. The van der Waals surface area contributed by atoms with Crippen molar-refractivity contribution in [2.24, 2.45) is 0 Å². The fourth-order valence-corrected chi connectivity index (χ4v) is 2.94. The van der Waals surface area contributed by atoms with Gasteiger partial charge in [-0.1, -0.05) is 0 Å². The van der Waals surface area contributed by atoms with Crippen LogP contribution in [0.1, 0.15) is 5.69 Å². The normalized spacial score (nSPS) is 10.6. The Balaban J connectivity index is 1.70. The molecular formula is C13H10FN3S2. The molecule has 0 spiro atoms. The second-order valence-electron chi connectivity index (χ2n) is 3.84. The Labute approximate surface area is 117 Å². The van der Waals surface area contributed by atoms with Crippen LogP contribution in [0.25, 0.3) is 10.6 Å². The molecule has 0 aliphatic rings. The van der Waals surface area contributed by atoms with Crippen LogP contribution in [0.2, 0.25) is 0 Å². The number of rotatable bonds is 4. The zero-order valence-corrected chi connectivity index (χ0v) is 11.5. The number of benzene rings is 1. The number of halogens is 1. The summed E-state index contributed by atoms with van der Waals surface area (Å²) in [5.74, 6) is -0.231. The van der Waals surface area contributed by atoms with E-state index in [0.29, 0.717) is 6.54 Å². The predicted molar refractivity (Wildman–Crippen MR) is 76.9 cm³/mol. The minimum absolute atomic E-state index is 0.231. The molecule has 0 atom stereocenters. The summed E-state index contributed by atoms with van der Waals surface area (Å²) < 4.78 is 12.9.